The number of hydrogen-bond donors (Lipinski definition) is 0. The van der Waals surface area contributed by atoms with Crippen LogP contribution in [0.15, 0.2) is 27.1 Å². The van der Waals surface area contributed by atoms with Gasteiger partial charge >= 0.3 is 0 Å². The summed E-state index contributed by atoms with van der Waals surface area (Å²) < 4.78 is 17.4. The van der Waals surface area contributed by atoms with Gasteiger partial charge in [-0.05, 0) is 63.3 Å². The van der Waals surface area contributed by atoms with Gasteiger partial charge in [0.15, 0.2) is 0 Å². The van der Waals surface area contributed by atoms with Crippen molar-refractivity contribution in [2.45, 2.75) is 44.8 Å². The van der Waals surface area contributed by atoms with Crippen molar-refractivity contribution in [1.29, 1.82) is 0 Å². The van der Waals surface area contributed by atoms with Gasteiger partial charge in [0.1, 0.15) is 11.0 Å². The maximum absolute atomic E-state index is 12.1. The van der Waals surface area contributed by atoms with Crippen LogP contribution in [0.25, 0.3) is 0 Å². The maximum Gasteiger partial charge on any atom is 0.145 e. The lowest BCUT2D eigenvalue weighted by Crippen LogP contribution is -2.22. The van der Waals surface area contributed by atoms with Gasteiger partial charge in [-0.1, -0.05) is 22.0 Å². The van der Waals surface area contributed by atoms with Crippen molar-refractivity contribution in [3.8, 4) is 0 Å². The molecule has 0 spiro atoms. The quantitative estimate of drug-likeness (QED) is 0.765. The summed E-state index contributed by atoms with van der Waals surface area (Å²) in [6.45, 7) is 5.87. The molecule has 1 unspecified atom stereocenters. The molecule has 1 aliphatic carbocycles. The lowest BCUT2D eigenvalue weighted by atomic mass is 9.90. The summed E-state index contributed by atoms with van der Waals surface area (Å²) in [4.78, 5) is 0. The highest BCUT2D eigenvalue weighted by Gasteiger charge is 2.22. The first-order valence-electron chi connectivity index (χ1n) is 6.16. The molecule has 0 saturated carbocycles. The van der Waals surface area contributed by atoms with Gasteiger partial charge in [-0.25, -0.2) is 4.21 Å². The van der Waals surface area contributed by atoms with Gasteiger partial charge in [0.2, 0.25) is 0 Å². The lowest BCUT2D eigenvalue weighted by molar-refractivity contribution is 0.650. The molecule has 0 amide bonds. The molecule has 0 saturated heterocycles. The smallest absolute Gasteiger partial charge is 0.145 e. The van der Waals surface area contributed by atoms with Crippen LogP contribution in [0.1, 0.15) is 44.7 Å². The van der Waals surface area contributed by atoms with Crippen molar-refractivity contribution >= 4 is 32.6 Å². The summed E-state index contributed by atoms with van der Waals surface area (Å²) in [7, 11) is -1.17. The van der Waals surface area contributed by atoms with E-state index in [2.05, 4.69) is 32.5 Å². The van der Waals surface area contributed by atoms with Crippen molar-refractivity contribution in [3.63, 3.8) is 0 Å². The Hall–Kier alpha value is -0.480. The first kappa shape index (κ1) is 13.9. The molecule has 0 bridgehead atoms. The Labute approximate surface area is 120 Å². The fourth-order valence-corrected chi connectivity index (χ4v) is 3.04. The molecule has 0 fully saturated rings. The van der Waals surface area contributed by atoms with E-state index in [9.17, 15) is 4.21 Å². The summed E-state index contributed by atoms with van der Waals surface area (Å²) >= 11 is 3.49. The molecular formula is C14H18BrNOS. The fraction of sp³-hybridized carbons (Fsp3) is 0.500. The Morgan fingerprint density at radius 1 is 1.28 bits per heavy atom. The van der Waals surface area contributed by atoms with Crippen LogP contribution >= 0.6 is 15.9 Å². The van der Waals surface area contributed by atoms with Gasteiger partial charge in [0.05, 0.1) is 10.5 Å². The molecule has 1 atom stereocenters. The molecule has 98 valence electrons. The molecule has 0 heterocycles. The lowest BCUT2D eigenvalue weighted by Gasteiger charge is -2.20. The van der Waals surface area contributed by atoms with E-state index in [0.717, 1.165) is 29.4 Å². The normalized spacial score (nSPS) is 19.7. The van der Waals surface area contributed by atoms with Crippen LogP contribution in [0.4, 0.5) is 0 Å². The van der Waals surface area contributed by atoms with Gasteiger partial charge in [0, 0.05) is 4.47 Å². The van der Waals surface area contributed by atoms with E-state index >= 15 is 0 Å². The Kier molecular flexibility index (Phi) is 4.07. The third-order valence-electron chi connectivity index (χ3n) is 2.95. The second-order valence-electron chi connectivity index (χ2n) is 5.55. The van der Waals surface area contributed by atoms with E-state index < -0.39 is 11.0 Å². The van der Waals surface area contributed by atoms with E-state index in [0.29, 0.717) is 0 Å². The zero-order valence-electron chi connectivity index (χ0n) is 11.0. The zero-order chi connectivity index (χ0) is 13.3. The molecule has 18 heavy (non-hydrogen) atoms. The highest BCUT2D eigenvalue weighted by Crippen LogP contribution is 2.26. The van der Waals surface area contributed by atoms with Crippen molar-refractivity contribution in [3.05, 3.63) is 33.8 Å². The highest BCUT2D eigenvalue weighted by molar-refractivity contribution is 9.10. The van der Waals surface area contributed by atoms with E-state index in [-0.39, 0.29) is 4.75 Å². The summed E-state index contributed by atoms with van der Waals surface area (Å²) in [5.74, 6) is 0. The van der Waals surface area contributed by atoms with Crippen LogP contribution in [0.5, 0.6) is 0 Å². The van der Waals surface area contributed by atoms with Gasteiger partial charge in [-0.15, -0.1) is 0 Å². The summed E-state index contributed by atoms with van der Waals surface area (Å²) in [5.41, 5.74) is 3.47. The number of benzene rings is 1. The molecule has 1 aliphatic rings. The Balaban J connectivity index is 2.39. The predicted molar refractivity (Wildman–Crippen MR) is 81.5 cm³/mol. The Morgan fingerprint density at radius 3 is 2.67 bits per heavy atom. The van der Waals surface area contributed by atoms with Crippen LogP contribution in [-0.4, -0.2) is 14.7 Å². The van der Waals surface area contributed by atoms with Crippen LogP contribution in [-0.2, 0) is 17.4 Å². The Bertz CT molecular complexity index is 517. The average molecular weight is 328 g/mol. The first-order chi connectivity index (χ1) is 8.38. The number of fused-ring (bicyclic) bond motifs is 1. The number of nitrogens with zero attached hydrogens (tertiary/aromatic N) is 1. The molecular weight excluding hydrogens is 310 g/mol. The van der Waals surface area contributed by atoms with E-state index in [4.69, 9.17) is 0 Å². The highest BCUT2D eigenvalue weighted by atomic mass is 79.9. The van der Waals surface area contributed by atoms with Crippen molar-refractivity contribution in [2.75, 3.05) is 0 Å². The van der Waals surface area contributed by atoms with Gasteiger partial charge < -0.3 is 0 Å². The molecule has 2 rings (SSSR count). The van der Waals surface area contributed by atoms with E-state index in [1.807, 2.05) is 26.8 Å². The Morgan fingerprint density at radius 2 is 2.00 bits per heavy atom. The minimum Gasteiger partial charge on any atom is -0.234 e. The van der Waals surface area contributed by atoms with Crippen molar-refractivity contribution in [2.24, 2.45) is 4.40 Å². The monoisotopic (exact) mass is 327 g/mol. The molecule has 0 radical (unpaired) electrons. The van der Waals surface area contributed by atoms with Gasteiger partial charge in [0.25, 0.3) is 0 Å². The average Bonchev–Trinajstić information content (AvgIpc) is 2.27. The van der Waals surface area contributed by atoms with Crippen molar-refractivity contribution < 1.29 is 4.21 Å². The SMILES string of the molecule is CC(C)(C)S(=O)/N=C1\CCCc2cc(Br)ccc21. The van der Waals surface area contributed by atoms with Crippen LogP contribution in [0.3, 0.4) is 0 Å². The van der Waals surface area contributed by atoms with Crippen LogP contribution in [0.2, 0.25) is 0 Å². The van der Waals surface area contributed by atoms with Gasteiger partial charge in [-0.2, -0.15) is 4.40 Å². The molecule has 0 aliphatic heterocycles. The van der Waals surface area contributed by atoms with E-state index in [1.165, 1.54) is 11.1 Å². The number of rotatable bonds is 1. The van der Waals surface area contributed by atoms with Crippen LogP contribution in [0, 0.1) is 0 Å². The summed E-state index contributed by atoms with van der Waals surface area (Å²) in [6, 6.07) is 6.25. The maximum atomic E-state index is 12.1. The third-order valence-corrected chi connectivity index (χ3v) is 4.88. The molecule has 4 heteroatoms. The standard InChI is InChI=1S/C14H18BrNOS/c1-14(2,3)18(17)16-13-6-4-5-10-9-11(15)7-8-12(10)13/h7-9H,4-6H2,1-3H3/b16-13+. The molecule has 0 aromatic heterocycles. The topological polar surface area (TPSA) is 29.4 Å². The summed E-state index contributed by atoms with van der Waals surface area (Å²) in [6.07, 6.45) is 3.09. The summed E-state index contributed by atoms with van der Waals surface area (Å²) in [5, 5.41) is 0. The number of aryl methyl sites for hydroxylation is 1. The molecule has 1 aromatic carbocycles. The zero-order valence-corrected chi connectivity index (χ0v) is 13.4. The second kappa shape index (κ2) is 5.25. The molecule has 2 nitrogen and oxygen atoms in total. The van der Waals surface area contributed by atoms with Crippen LogP contribution < -0.4 is 0 Å². The first-order valence-corrected chi connectivity index (χ1v) is 8.06. The number of hydrogen-bond acceptors (Lipinski definition) is 1. The predicted octanol–water partition coefficient (Wildman–Crippen LogP) is 4.04. The van der Waals surface area contributed by atoms with Gasteiger partial charge in [-0.3, -0.25) is 0 Å². The molecule has 0 N–H and O–H groups in total. The van der Waals surface area contributed by atoms with E-state index in [1.54, 1.807) is 0 Å². The minimum absolute atomic E-state index is 0.292. The third kappa shape index (κ3) is 3.09. The number of halogens is 1. The second-order valence-corrected chi connectivity index (χ2v) is 8.38. The fourth-order valence-electron chi connectivity index (χ4n) is 1.96. The minimum atomic E-state index is -1.17. The van der Waals surface area contributed by atoms with Crippen molar-refractivity contribution in [1.82, 2.24) is 0 Å². The largest absolute Gasteiger partial charge is 0.234 e. The molecule has 1 aromatic rings.